The zero-order valence-corrected chi connectivity index (χ0v) is 18.9. The zero-order chi connectivity index (χ0) is 19.3. The summed E-state index contributed by atoms with van der Waals surface area (Å²) in [4.78, 5) is 20.1. The third-order valence-electron chi connectivity index (χ3n) is 6.67. The van der Waals surface area contributed by atoms with Crippen molar-refractivity contribution in [2.75, 3.05) is 39.3 Å². The van der Waals surface area contributed by atoms with E-state index in [0.717, 1.165) is 57.0 Å². The summed E-state index contributed by atoms with van der Waals surface area (Å²) in [5, 5.41) is 3.42. The van der Waals surface area contributed by atoms with Crippen LogP contribution in [-0.4, -0.2) is 61.0 Å². The lowest BCUT2D eigenvalue weighted by atomic mass is 9.73. The van der Waals surface area contributed by atoms with E-state index in [1.165, 1.54) is 21.6 Å². The van der Waals surface area contributed by atoms with E-state index >= 15 is 0 Å². The first-order chi connectivity index (χ1) is 13.5. The molecule has 1 atom stereocenters. The number of amides is 1. The maximum atomic E-state index is 13.3. The monoisotopic (exact) mass is 431 g/mol. The molecule has 2 fully saturated rings. The number of hydrogen-bond acceptors (Lipinski definition) is 4. The highest BCUT2D eigenvalue weighted by Gasteiger charge is 2.35. The third kappa shape index (κ3) is 3.74. The molecule has 0 radical (unpaired) electrons. The lowest BCUT2D eigenvalue weighted by molar-refractivity contribution is 0.0778. The fraction of sp³-hybridized carbons (Fsp3) is 0.522. The molecule has 1 N–H and O–H groups in total. The van der Waals surface area contributed by atoms with Gasteiger partial charge in [0.05, 0.1) is 4.88 Å². The standard InChI is InChI=1S/C23H29N3OS.ClH/c1-23(2)14-16-13-20(28-21(16)18-5-3-4-6-19(18)23)22(27)26-10-7-17(15-26)25-11-8-24-9-12-25;/h3-6,13,17,24H,7-12,14-15H2,1-2H3;1H. The minimum Gasteiger partial charge on any atom is -0.336 e. The van der Waals surface area contributed by atoms with E-state index in [1.54, 1.807) is 11.3 Å². The number of halogens is 1. The molecular weight excluding hydrogens is 402 g/mol. The van der Waals surface area contributed by atoms with Crippen LogP contribution in [0.4, 0.5) is 0 Å². The van der Waals surface area contributed by atoms with Gasteiger partial charge in [-0.1, -0.05) is 38.1 Å². The Labute approximate surface area is 183 Å². The first-order valence-electron chi connectivity index (χ1n) is 10.5. The van der Waals surface area contributed by atoms with Crippen molar-refractivity contribution in [1.29, 1.82) is 0 Å². The lowest BCUT2D eigenvalue weighted by Crippen LogP contribution is -2.49. The van der Waals surface area contributed by atoms with Gasteiger partial charge in [-0.05, 0) is 41.0 Å². The smallest absolute Gasteiger partial charge is 0.264 e. The molecule has 5 rings (SSSR count). The molecule has 2 aliphatic heterocycles. The number of hydrogen-bond donors (Lipinski definition) is 1. The van der Waals surface area contributed by atoms with Gasteiger partial charge in [-0.25, -0.2) is 0 Å². The minimum absolute atomic E-state index is 0. The number of thiophene rings is 1. The molecule has 3 heterocycles. The second kappa shape index (κ2) is 8.03. The second-order valence-corrected chi connectivity index (χ2v) is 10.1. The SMILES string of the molecule is CC1(C)Cc2cc(C(=O)N3CCC(N4CCNCC4)C3)sc2-c2ccccc21.Cl. The van der Waals surface area contributed by atoms with Gasteiger partial charge in [0.25, 0.3) is 5.91 Å². The Kier molecular flexibility index (Phi) is 5.77. The number of piperazine rings is 1. The molecule has 0 saturated carbocycles. The van der Waals surface area contributed by atoms with Crippen LogP contribution in [0, 0.1) is 0 Å². The largest absolute Gasteiger partial charge is 0.336 e. The summed E-state index contributed by atoms with van der Waals surface area (Å²) < 4.78 is 0. The molecule has 1 aromatic carbocycles. The summed E-state index contributed by atoms with van der Waals surface area (Å²) in [6.07, 6.45) is 2.11. The van der Waals surface area contributed by atoms with Gasteiger partial charge in [0.15, 0.2) is 0 Å². The van der Waals surface area contributed by atoms with Gasteiger partial charge in [-0.2, -0.15) is 0 Å². The number of fused-ring (bicyclic) bond motifs is 3. The van der Waals surface area contributed by atoms with Gasteiger partial charge in [0, 0.05) is 50.2 Å². The molecule has 156 valence electrons. The van der Waals surface area contributed by atoms with E-state index in [-0.39, 0.29) is 23.7 Å². The lowest BCUT2D eigenvalue weighted by Gasteiger charge is -2.32. The highest BCUT2D eigenvalue weighted by Crippen LogP contribution is 2.46. The van der Waals surface area contributed by atoms with Crippen LogP contribution < -0.4 is 5.32 Å². The van der Waals surface area contributed by atoms with E-state index in [0.29, 0.717) is 6.04 Å². The normalized spacial score (nSPS) is 23.2. The summed E-state index contributed by atoms with van der Waals surface area (Å²) in [6, 6.07) is 11.4. The van der Waals surface area contributed by atoms with Crippen LogP contribution in [-0.2, 0) is 11.8 Å². The topological polar surface area (TPSA) is 35.6 Å². The third-order valence-corrected chi connectivity index (χ3v) is 7.87. The maximum absolute atomic E-state index is 13.3. The Morgan fingerprint density at radius 2 is 1.93 bits per heavy atom. The highest BCUT2D eigenvalue weighted by atomic mass is 35.5. The molecule has 29 heavy (non-hydrogen) atoms. The minimum atomic E-state index is 0. The van der Waals surface area contributed by atoms with Crippen molar-refractivity contribution in [3.05, 3.63) is 46.3 Å². The number of likely N-dealkylation sites (tertiary alicyclic amines) is 1. The summed E-state index contributed by atoms with van der Waals surface area (Å²) in [7, 11) is 0. The van der Waals surface area contributed by atoms with E-state index in [1.807, 2.05) is 0 Å². The average molecular weight is 432 g/mol. The number of nitrogens with one attached hydrogen (secondary N) is 1. The van der Waals surface area contributed by atoms with Crippen LogP contribution in [0.5, 0.6) is 0 Å². The fourth-order valence-corrected chi connectivity index (χ4v) is 6.35. The molecular formula is C23H30ClN3OS. The van der Waals surface area contributed by atoms with Crippen LogP contribution in [0.15, 0.2) is 30.3 Å². The molecule has 0 bridgehead atoms. The Morgan fingerprint density at radius 3 is 2.72 bits per heavy atom. The quantitative estimate of drug-likeness (QED) is 0.785. The van der Waals surface area contributed by atoms with Crippen molar-refractivity contribution in [3.63, 3.8) is 0 Å². The molecule has 6 heteroatoms. The van der Waals surface area contributed by atoms with Crippen LogP contribution >= 0.6 is 23.7 Å². The van der Waals surface area contributed by atoms with Crippen LogP contribution in [0.1, 0.15) is 41.1 Å². The van der Waals surface area contributed by atoms with Crippen molar-refractivity contribution in [2.45, 2.75) is 38.1 Å². The number of nitrogens with zero attached hydrogens (tertiary/aromatic N) is 2. The molecule has 2 aromatic rings. The first-order valence-corrected chi connectivity index (χ1v) is 11.3. The number of carbonyl (C=O) groups is 1. The Bertz CT molecular complexity index is 903. The van der Waals surface area contributed by atoms with E-state index < -0.39 is 0 Å². The zero-order valence-electron chi connectivity index (χ0n) is 17.2. The number of benzene rings is 1. The molecule has 1 unspecified atom stereocenters. The molecule has 3 aliphatic rings. The van der Waals surface area contributed by atoms with Gasteiger partial charge in [-0.15, -0.1) is 23.7 Å². The maximum Gasteiger partial charge on any atom is 0.264 e. The predicted octanol–water partition coefficient (Wildman–Crippen LogP) is 3.79. The van der Waals surface area contributed by atoms with Gasteiger partial charge < -0.3 is 10.2 Å². The predicted molar refractivity (Wildman–Crippen MR) is 122 cm³/mol. The molecule has 4 nitrogen and oxygen atoms in total. The molecule has 1 aliphatic carbocycles. The Hall–Kier alpha value is -1.40. The van der Waals surface area contributed by atoms with Crippen LogP contribution in [0.25, 0.3) is 10.4 Å². The van der Waals surface area contributed by atoms with Gasteiger partial charge in [-0.3, -0.25) is 9.69 Å². The van der Waals surface area contributed by atoms with Crippen molar-refractivity contribution in [3.8, 4) is 10.4 Å². The van der Waals surface area contributed by atoms with Gasteiger partial charge in [0.2, 0.25) is 0 Å². The fourth-order valence-electron chi connectivity index (χ4n) is 5.16. The van der Waals surface area contributed by atoms with E-state index in [2.05, 4.69) is 59.3 Å². The Balaban J connectivity index is 0.00000205. The van der Waals surface area contributed by atoms with E-state index in [9.17, 15) is 4.79 Å². The molecule has 1 amide bonds. The van der Waals surface area contributed by atoms with Gasteiger partial charge >= 0.3 is 0 Å². The highest BCUT2D eigenvalue weighted by molar-refractivity contribution is 7.17. The van der Waals surface area contributed by atoms with E-state index in [4.69, 9.17) is 0 Å². The summed E-state index contributed by atoms with van der Waals surface area (Å²) in [6.45, 7) is 10.7. The molecule has 2 saturated heterocycles. The number of rotatable bonds is 2. The van der Waals surface area contributed by atoms with Crippen LogP contribution in [0.3, 0.4) is 0 Å². The summed E-state index contributed by atoms with van der Waals surface area (Å²) in [5.74, 6) is 0.229. The summed E-state index contributed by atoms with van der Waals surface area (Å²) >= 11 is 1.70. The Morgan fingerprint density at radius 1 is 1.17 bits per heavy atom. The summed E-state index contributed by atoms with van der Waals surface area (Å²) in [5.41, 5.74) is 4.18. The van der Waals surface area contributed by atoms with Crippen molar-refractivity contribution >= 4 is 29.7 Å². The van der Waals surface area contributed by atoms with Gasteiger partial charge in [0.1, 0.15) is 0 Å². The first kappa shape index (κ1) is 20.9. The second-order valence-electron chi connectivity index (χ2n) is 9.05. The van der Waals surface area contributed by atoms with Crippen molar-refractivity contribution in [2.24, 2.45) is 0 Å². The average Bonchev–Trinajstić information content (AvgIpc) is 3.35. The van der Waals surface area contributed by atoms with Crippen molar-refractivity contribution in [1.82, 2.24) is 15.1 Å². The molecule has 1 aromatic heterocycles. The number of carbonyl (C=O) groups excluding carboxylic acids is 1. The van der Waals surface area contributed by atoms with Crippen molar-refractivity contribution < 1.29 is 4.79 Å². The van der Waals surface area contributed by atoms with Crippen LogP contribution in [0.2, 0.25) is 0 Å². The molecule has 0 spiro atoms.